The minimum absolute atomic E-state index is 0.0389. The smallest absolute Gasteiger partial charge is 0.294 e. The van der Waals surface area contributed by atoms with E-state index >= 15 is 0 Å². The van der Waals surface area contributed by atoms with E-state index in [1.807, 2.05) is 6.92 Å². The first-order valence-corrected chi connectivity index (χ1v) is 9.14. The highest BCUT2D eigenvalue weighted by Crippen LogP contribution is 2.38. The molecule has 1 unspecified atom stereocenters. The van der Waals surface area contributed by atoms with Crippen molar-refractivity contribution in [1.82, 2.24) is 10.2 Å². The minimum atomic E-state index is -4.20. The molecular weight excluding hydrogens is 300 g/mol. The lowest BCUT2D eigenvalue weighted by Gasteiger charge is -2.48. The molecule has 6 heteroatoms. The Morgan fingerprint density at radius 3 is 2.91 bits per heavy atom. The van der Waals surface area contributed by atoms with E-state index in [2.05, 4.69) is 22.5 Å². The van der Waals surface area contributed by atoms with Crippen LogP contribution in [-0.4, -0.2) is 31.0 Å². The summed E-state index contributed by atoms with van der Waals surface area (Å²) in [4.78, 5) is 2.24. The Bertz CT molecular complexity index is 699. The van der Waals surface area contributed by atoms with Gasteiger partial charge < -0.3 is 4.90 Å². The number of aryl methyl sites for hydroxylation is 1. The van der Waals surface area contributed by atoms with Crippen molar-refractivity contribution in [2.75, 3.05) is 13.1 Å². The highest BCUT2D eigenvalue weighted by molar-refractivity contribution is 7.85. The Labute approximate surface area is 131 Å². The van der Waals surface area contributed by atoms with Crippen LogP contribution in [0.25, 0.3) is 0 Å². The van der Waals surface area contributed by atoms with Gasteiger partial charge in [-0.1, -0.05) is 12.1 Å². The molecule has 1 atom stereocenters. The average Bonchev–Trinajstić information content (AvgIpc) is 2.69. The molecule has 1 aromatic carbocycles. The molecule has 0 aliphatic carbocycles. The third-order valence-corrected chi connectivity index (χ3v) is 5.48. The maximum absolute atomic E-state index is 11.5. The maximum atomic E-state index is 11.5. The van der Waals surface area contributed by atoms with Crippen molar-refractivity contribution in [2.45, 2.75) is 43.2 Å². The summed E-state index contributed by atoms with van der Waals surface area (Å²) < 4.78 is 32.4. The predicted molar refractivity (Wildman–Crippen MR) is 85.0 cm³/mol. The van der Waals surface area contributed by atoms with E-state index in [0.717, 1.165) is 49.9 Å². The molecule has 5 nitrogen and oxygen atoms in total. The van der Waals surface area contributed by atoms with Gasteiger partial charge in [0.2, 0.25) is 0 Å². The molecule has 0 radical (unpaired) electrons. The van der Waals surface area contributed by atoms with Gasteiger partial charge in [-0.3, -0.25) is 9.87 Å². The second-order valence-electron chi connectivity index (χ2n) is 6.06. The number of fused-ring (bicyclic) bond motifs is 1. The third kappa shape index (κ3) is 2.66. The van der Waals surface area contributed by atoms with E-state index in [0.29, 0.717) is 0 Å². The number of hydrogen-bond donors (Lipinski definition) is 2. The quantitative estimate of drug-likeness (QED) is 0.818. The summed E-state index contributed by atoms with van der Waals surface area (Å²) in [6.45, 7) is 3.83. The van der Waals surface area contributed by atoms with Gasteiger partial charge in [-0.05, 0) is 68.6 Å². The molecule has 0 bridgehead atoms. The molecule has 3 rings (SSSR count). The molecule has 0 spiro atoms. The van der Waals surface area contributed by atoms with Crippen LogP contribution in [0, 0.1) is 6.92 Å². The summed E-state index contributed by atoms with van der Waals surface area (Å²) in [5.74, 6) is 0. The molecule has 2 aliphatic heterocycles. The molecule has 2 aliphatic rings. The molecule has 1 saturated heterocycles. The van der Waals surface area contributed by atoms with Crippen LogP contribution in [0.2, 0.25) is 0 Å². The van der Waals surface area contributed by atoms with Crippen LogP contribution in [0.5, 0.6) is 0 Å². The van der Waals surface area contributed by atoms with Gasteiger partial charge in [0.05, 0.1) is 4.90 Å². The number of nitrogens with one attached hydrogen (secondary N) is 1. The number of allylic oxidation sites excluding steroid dienone is 1. The van der Waals surface area contributed by atoms with E-state index in [9.17, 15) is 13.0 Å². The standard InChI is InChI=1S/C16H22N2O3S/c1-13-6-7-14(22(19,20)21)12-15(13)16-8-3-2-4-10-18(16)11-5-9-17-16/h4,6-7,10,12,17H,2-3,5,8-9,11H2,1H3,(H,19,20,21). The second-order valence-corrected chi connectivity index (χ2v) is 7.48. The largest absolute Gasteiger partial charge is 0.356 e. The van der Waals surface area contributed by atoms with Crippen LogP contribution >= 0.6 is 0 Å². The van der Waals surface area contributed by atoms with Gasteiger partial charge in [0.1, 0.15) is 5.66 Å². The minimum Gasteiger partial charge on any atom is -0.356 e. The number of hydrogen-bond acceptors (Lipinski definition) is 4. The third-order valence-electron chi connectivity index (χ3n) is 4.63. The van der Waals surface area contributed by atoms with Crippen molar-refractivity contribution < 1.29 is 13.0 Å². The van der Waals surface area contributed by atoms with Crippen LogP contribution in [0.1, 0.15) is 36.8 Å². The fraction of sp³-hybridized carbons (Fsp3) is 0.500. The summed E-state index contributed by atoms with van der Waals surface area (Å²) in [6, 6.07) is 4.86. The Balaban J connectivity index is 2.16. The van der Waals surface area contributed by atoms with Gasteiger partial charge >= 0.3 is 0 Å². The zero-order chi connectivity index (χ0) is 15.8. The molecule has 1 aromatic rings. The molecule has 0 amide bonds. The van der Waals surface area contributed by atoms with Gasteiger partial charge in [0.15, 0.2) is 0 Å². The van der Waals surface area contributed by atoms with E-state index in [1.54, 1.807) is 12.1 Å². The van der Waals surface area contributed by atoms with Crippen LogP contribution in [-0.2, 0) is 15.8 Å². The van der Waals surface area contributed by atoms with Gasteiger partial charge in [0, 0.05) is 6.54 Å². The first-order chi connectivity index (χ1) is 10.4. The Hall–Kier alpha value is -1.37. The van der Waals surface area contributed by atoms with Crippen LogP contribution in [0.15, 0.2) is 35.4 Å². The molecule has 0 aromatic heterocycles. The highest BCUT2D eigenvalue weighted by Gasteiger charge is 2.40. The van der Waals surface area contributed by atoms with E-state index in [-0.39, 0.29) is 10.6 Å². The summed E-state index contributed by atoms with van der Waals surface area (Å²) in [5, 5.41) is 3.61. The zero-order valence-corrected chi connectivity index (χ0v) is 13.6. The van der Waals surface area contributed by atoms with E-state index in [1.165, 1.54) is 6.07 Å². The highest BCUT2D eigenvalue weighted by atomic mass is 32.2. The lowest BCUT2D eigenvalue weighted by molar-refractivity contribution is 0.0607. The SMILES string of the molecule is Cc1ccc(S(=O)(=O)O)cc1C12CCCC=CN1CCCN2. The van der Waals surface area contributed by atoms with Crippen LogP contribution in [0.3, 0.4) is 0 Å². The summed E-state index contributed by atoms with van der Waals surface area (Å²) in [5.41, 5.74) is 1.59. The van der Waals surface area contributed by atoms with Crippen molar-refractivity contribution in [3.8, 4) is 0 Å². The maximum Gasteiger partial charge on any atom is 0.294 e. The topological polar surface area (TPSA) is 69.6 Å². The number of benzene rings is 1. The lowest BCUT2D eigenvalue weighted by atomic mass is 9.87. The molecule has 120 valence electrons. The summed E-state index contributed by atoms with van der Waals surface area (Å²) in [7, 11) is -4.20. The number of rotatable bonds is 2. The normalized spacial score (nSPS) is 25.6. The summed E-state index contributed by atoms with van der Waals surface area (Å²) >= 11 is 0. The predicted octanol–water partition coefficient (Wildman–Crippen LogP) is 2.39. The van der Waals surface area contributed by atoms with Gasteiger partial charge in [-0.15, -0.1) is 0 Å². The van der Waals surface area contributed by atoms with Crippen molar-refractivity contribution in [1.29, 1.82) is 0 Å². The zero-order valence-electron chi connectivity index (χ0n) is 12.7. The molecule has 22 heavy (non-hydrogen) atoms. The fourth-order valence-electron chi connectivity index (χ4n) is 3.54. The van der Waals surface area contributed by atoms with Crippen molar-refractivity contribution in [2.24, 2.45) is 0 Å². The average molecular weight is 322 g/mol. The Morgan fingerprint density at radius 1 is 1.32 bits per heavy atom. The summed E-state index contributed by atoms with van der Waals surface area (Å²) in [6.07, 6.45) is 8.33. The van der Waals surface area contributed by atoms with Gasteiger partial charge in [0.25, 0.3) is 10.1 Å². The Kier molecular flexibility index (Phi) is 4.01. The van der Waals surface area contributed by atoms with Crippen molar-refractivity contribution in [3.05, 3.63) is 41.6 Å². The van der Waals surface area contributed by atoms with E-state index < -0.39 is 10.1 Å². The lowest BCUT2D eigenvalue weighted by Crippen LogP contribution is -2.58. The molecule has 1 fully saturated rings. The number of nitrogens with zero attached hydrogens (tertiary/aromatic N) is 1. The molecular formula is C16H22N2O3S. The molecule has 2 N–H and O–H groups in total. The first kappa shape index (κ1) is 15.5. The van der Waals surface area contributed by atoms with Crippen molar-refractivity contribution in [3.63, 3.8) is 0 Å². The monoisotopic (exact) mass is 322 g/mol. The fourth-order valence-corrected chi connectivity index (χ4v) is 4.05. The van der Waals surface area contributed by atoms with Crippen LogP contribution in [0.4, 0.5) is 0 Å². The van der Waals surface area contributed by atoms with E-state index in [4.69, 9.17) is 0 Å². The molecule has 0 saturated carbocycles. The van der Waals surface area contributed by atoms with Gasteiger partial charge in [-0.25, -0.2) is 0 Å². The molecule has 2 heterocycles. The second kappa shape index (κ2) is 5.68. The van der Waals surface area contributed by atoms with Crippen LogP contribution < -0.4 is 5.32 Å². The van der Waals surface area contributed by atoms with Gasteiger partial charge in [-0.2, -0.15) is 8.42 Å². The Morgan fingerprint density at radius 2 is 2.14 bits per heavy atom. The van der Waals surface area contributed by atoms with Crippen molar-refractivity contribution >= 4 is 10.1 Å². The first-order valence-electron chi connectivity index (χ1n) is 7.70.